The SMILES string of the molecule is COc1ccc(OC)c(NC(=O)C(=O)NCC2CCN(C(=O)c3cccnc3SC)CC2)c1. The van der Waals surface area contributed by atoms with Gasteiger partial charge in [0.05, 0.1) is 25.5 Å². The van der Waals surface area contributed by atoms with E-state index in [1.54, 1.807) is 36.5 Å². The quantitative estimate of drug-likeness (QED) is 0.470. The molecule has 0 radical (unpaired) electrons. The average Bonchev–Trinajstić information content (AvgIpc) is 2.86. The van der Waals surface area contributed by atoms with E-state index in [1.165, 1.54) is 26.0 Å². The molecule has 9 nitrogen and oxygen atoms in total. The van der Waals surface area contributed by atoms with Crippen LogP contribution in [0.5, 0.6) is 11.5 Å². The molecule has 10 heteroatoms. The molecule has 1 saturated heterocycles. The van der Waals surface area contributed by atoms with E-state index < -0.39 is 11.8 Å². The molecular formula is C23H28N4O5S. The molecule has 33 heavy (non-hydrogen) atoms. The summed E-state index contributed by atoms with van der Waals surface area (Å²) >= 11 is 1.45. The van der Waals surface area contributed by atoms with Gasteiger partial charge in [-0.2, -0.15) is 0 Å². The number of nitrogens with one attached hydrogen (secondary N) is 2. The molecule has 1 aliphatic rings. The maximum Gasteiger partial charge on any atom is 0.313 e. The van der Waals surface area contributed by atoms with Crippen molar-refractivity contribution >= 4 is 35.2 Å². The molecule has 0 bridgehead atoms. The predicted octanol–water partition coefficient (Wildman–Crippen LogP) is 2.43. The second kappa shape index (κ2) is 11.6. The fourth-order valence-corrected chi connectivity index (χ4v) is 4.18. The fraction of sp³-hybridized carbons (Fsp3) is 0.391. The van der Waals surface area contributed by atoms with Crippen molar-refractivity contribution in [3.63, 3.8) is 0 Å². The molecule has 1 fully saturated rings. The van der Waals surface area contributed by atoms with Crippen molar-refractivity contribution in [3.05, 3.63) is 42.1 Å². The number of aromatic nitrogens is 1. The maximum atomic E-state index is 12.8. The molecule has 1 aromatic heterocycles. The smallest absolute Gasteiger partial charge is 0.313 e. The molecule has 1 aliphatic heterocycles. The number of ether oxygens (including phenoxy) is 2. The van der Waals surface area contributed by atoms with Gasteiger partial charge < -0.3 is 25.0 Å². The van der Waals surface area contributed by atoms with Crippen LogP contribution in [0.4, 0.5) is 5.69 Å². The van der Waals surface area contributed by atoms with Crippen molar-refractivity contribution in [3.8, 4) is 11.5 Å². The molecule has 2 aromatic rings. The molecule has 2 N–H and O–H groups in total. The highest BCUT2D eigenvalue weighted by Crippen LogP contribution is 2.29. The Balaban J connectivity index is 1.48. The largest absolute Gasteiger partial charge is 0.497 e. The lowest BCUT2D eigenvalue weighted by molar-refractivity contribution is -0.136. The zero-order valence-electron chi connectivity index (χ0n) is 18.9. The zero-order valence-corrected chi connectivity index (χ0v) is 19.7. The topological polar surface area (TPSA) is 110 Å². The average molecular weight is 473 g/mol. The number of rotatable bonds is 7. The lowest BCUT2D eigenvalue weighted by Crippen LogP contribution is -2.43. The minimum atomic E-state index is -0.782. The summed E-state index contributed by atoms with van der Waals surface area (Å²) in [5.41, 5.74) is 0.963. The highest BCUT2D eigenvalue weighted by atomic mass is 32.2. The predicted molar refractivity (Wildman–Crippen MR) is 126 cm³/mol. The number of methoxy groups -OCH3 is 2. The van der Waals surface area contributed by atoms with Crippen LogP contribution in [0.1, 0.15) is 23.2 Å². The first-order valence-electron chi connectivity index (χ1n) is 10.6. The molecule has 0 unspecified atom stereocenters. The van der Waals surface area contributed by atoms with Gasteiger partial charge in [-0.05, 0) is 49.3 Å². The van der Waals surface area contributed by atoms with Crippen molar-refractivity contribution in [2.75, 3.05) is 45.4 Å². The van der Waals surface area contributed by atoms with E-state index >= 15 is 0 Å². The van der Waals surface area contributed by atoms with E-state index in [-0.39, 0.29) is 11.8 Å². The first-order chi connectivity index (χ1) is 16.0. The van der Waals surface area contributed by atoms with Gasteiger partial charge in [0.2, 0.25) is 0 Å². The molecule has 176 valence electrons. The van der Waals surface area contributed by atoms with Crippen LogP contribution in [0.15, 0.2) is 41.6 Å². The van der Waals surface area contributed by atoms with Crippen LogP contribution in [0.3, 0.4) is 0 Å². The number of piperidine rings is 1. The van der Waals surface area contributed by atoms with Gasteiger partial charge in [0.25, 0.3) is 5.91 Å². The monoisotopic (exact) mass is 472 g/mol. The van der Waals surface area contributed by atoms with Crippen molar-refractivity contribution < 1.29 is 23.9 Å². The minimum Gasteiger partial charge on any atom is -0.497 e. The van der Waals surface area contributed by atoms with Gasteiger partial charge >= 0.3 is 11.8 Å². The summed E-state index contributed by atoms with van der Waals surface area (Å²) < 4.78 is 10.4. The third-order valence-electron chi connectivity index (χ3n) is 5.51. The second-order valence-corrected chi connectivity index (χ2v) is 8.32. The summed E-state index contributed by atoms with van der Waals surface area (Å²) in [6.45, 7) is 1.55. The van der Waals surface area contributed by atoms with Crippen molar-refractivity contribution in [2.24, 2.45) is 5.92 Å². The number of hydrogen-bond acceptors (Lipinski definition) is 7. The number of thioether (sulfide) groups is 1. The summed E-state index contributed by atoms with van der Waals surface area (Å²) in [6, 6.07) is 8.49. The van der Waals surface area contributed by atoms with Crippen LogP contribution in [0, 0.1) is 5.92 Å². The van der Waals surface area contributed by atoms with Gasteiger partial charge in [-0.25, -0.2) is 4.98 Å². The lowest BCUT2D eigenvalue weighted by atomic mass is 9.96. The molecule has 0 aliphatic carbocycles. The number of anilines is 1. The minimum absolute atomic E-state index is 0.0263. The molecular weight excluding hydrogens is 444 g/mol. The van der Waals surface area contributed by atoms with Gasteiger partial charge in [-0.1, -0.05) is 0 Å². The van der Waals surface area contributed by atoms with Crippen LogP contribution < -0.4 is 20.1 Å². The van der Waals surface area contributed by atoms with E-state index in [0.29, 0.717) is 42.4 Å². The Hall–Kier alpha value is -3.27. The Kier molecular flexibility index (Phi) is 8.53. The van der Waals surface area contributed by atoms with Crippen LogP contribution >= 0.6 is 11.8 Å². The second-order valence-electron chi connectivity index (χ2n) is 7.53. The third kappa shape index (κ3) is 6.16. The van der Waals surface area contributed by atoms with E-state index in [9.17, 15) is 14.4 Å². The van der Waals surface area contributed by atoms with Gasteiger partial charge in [-0.3, -0.25) is 14.4 Å². The van der Waals surface area contributed by atoms with Gasteiger partial charge in [0, 0.05) is 31.9 Å². The van der Waals surface area contributed by atoms with Crippen molar-refractivity contribution in [2.45, 2.75) is 17.9 Å². The molecule has 0 atom stereocenters. The number of carbonyl (C=O) groups excluding carboxylic acids is 3. The lowest BCUT2D eigenvalue weighted by Gasteiger charge is -2.32. The van der Waals surface area contributed by atoms with Gasteiger partial charge in [0.1, 0.15) is 16.5 Å². The Morgan fingerprint density at radius 1 is 1.12 bits per heavy atom. The Bertz CT molecular complexity index is 1010. The number of pyridine rings is 1. The molecule has 0 spiro atoms. The van der Waals surface area contributed by atoms with Crippen LogP contribution in [0.25, 0.3) is 0 Å². The van der Waals surface area contributed by atoms with Crippen LogP contribution in [-0.2, 0) is 9.59 Å². The van der Waals surface area contributed by atoms with Gasteiger partial charge in [-0.15, -0.1) is 11.8 Å². The van der Waals surface area contributed by atoms with Crippen LogP contribution in [0.2, 0.25) is 0 Å². The number of hydrogen-bond donors (Lipinski definition) is 2. The molecule has 3 amide bonds. The molecule has 2 heterocycles. The van der Waals surface area contributed by atoms with Crippen molar-refractivity contribution in [1.82, 2.24) is 15.2 Å². The van der Waals surface area contributed by atoms with E-state index in [2.05, 4.69) is 15.6 Å². The summed E-state index contributed by atoms with van der Waals surface area (Å²) in [7, 11) is 2.99. The zero-order chi connectivity index (χ0) is 23.8. The summed E-state index contributed by atoms with van der Waals surface area (Å²) in [4.78, 5) is 43.6. The van der Waals surface area contributed by atoms with Crippen LogP contribution in [-0.4, -0.2) is 67.7 Å². The number of benzene rings is 1. The number of carbonyl (C=O) groups is 3. The summed E-state index contributed by atoms with van der Waals surface area (Å²) in [5.74, 6) is -0.391. The van der Waals surface area contributed by atoms with E-state index in [4.69, 9.17) is 9.47 Å². The standard InChI is InChI=1S/C23H28N4O5S/c1-31-16-6-7-19(32-2)18(13-16)26-21(29)20(28)25-14-15-8-11-27(12-9-15)23(30)17-5-4-10-24-22(17)33-3/h4-7,10,13,15H,8-9,11-12,14H2,1-3H3,(H,25,28)(H,26,29). The summed E-state index contributed by atoms with van der Waals surface area (Å²) in [5, 5.41) is 5.97. The Morgan fingerprint density at radius 2 is 1.88 bits per heavy atom. The molecule has 1 aromatic carbocycles. The van der Waals surface area contributed by atoms with E-state index in [1.807, 2.05) is 11.2 Å². The number of amides is 3. The normalized spacial score (nSPS) is 13.8. The number of nitrogens with zero attached hydrogens (tertiary/aromatic N) is 2. The van der Waals surface area contributed by atoms with Gasteiger partial charge in [0.15, 0.2) is 0 Å². The molecule has 0 saturated carbocycles. The highest BCUT2D eigenvalue weighted by Gasteiger charge is 2.26. The third-order valence-corrected chi connectivity index (χ3v) is 6.22. The highest BCUT2D eigenvalue weighted by molar-refractivity contribution is 7.98. The Morgan fingerprint density at radius 3 is 2.55 bits per heavy atom. The first-order valence-corrected chi connectivity index (χ1v) is 11.8. The summed E-state index contributed by atoms with van der Waals surface area (Å²) in [6.07, 6.45) is 5.06. The van der Waals surface area contributed by atoms with E-state index in [0.717, 1.165) is 17.9 Å². The first kappa shape index (κ1) is 24.4. The molecule has 3 rings (SSSR count). The maximum absolute atomic E-state index is 12.8. The Labute approximate surface area is 197 Å². The number of likely N-dealkylation sites (tertiary alicyclic amines) is 1. The fourth-order valence-electron chi connectivity index (χ4n) is 3.63. The van der Waals surface area contributed by atoms with Crippen molar-refractivity contribution in [1.29, 1.82) is 0 Å².